The van der Waals surface area contributed by atoms with Crippen molar-refractivity contribution < 1.29 is 9.43 Å². The van der Waals surface area contributed by atoms with Gasteiger partial charge in [-0.25, -0.2) is 4.33 Å². The second kappa shape index (κ2) is 14.7. The number of hydrazine groups is 1. The second-order valence-corrected chi connectivity index (χ2v) is 16.1. The number of benzene rings is 3. The molecule has 4 aromatic rings. The monoisotopic (exact) mass is 738 g/mol. The van der Waals surface area contributed by atoms with Gasteiger partial charge < -0.3 is 5.11 Å². The van der Waals surface area contributed by atoms with Crippen molar-refractivity contribution in [2.75, 3.05) is 19.2 Å². The van der Waals surface area contributed by atoms with Gasteiger partial charge in [-0.1, -0.05) is 112 Å². The Morgan fingerprint density at radius 1 is 1.00 bits per heavy atom. The molecular formula is C31H34BrN9O2PS2+. The highest BCUT2D eigenvalue weighted by atomic mass is 79.9. The number of aromatic nitrogens is 3. The average Bonchev–Trinajstić information content (AvgIpc) is 3.08. The van der Waals surface area contributed by atoms with Crippen molar-refractivity contribution in [3.63, 3.8) is 0 Å². The molecule has 238 valence electrons. The van der Waals surface area contributed by atoms with E-state index in [0.717, 1.165) is 20.6 Å². The van der Waals surface area contributed by atoms with Crippen LogP contribution < -0.4 is 27.0 Å². The van der Waals surface area contributed by atoms with Crippen LogP contribution in [0.2, 0.25) is 0 Å². The Kier molecular flexibility index (Phi) is 10.7. The van der Waals surface area contributed by atoms with Crippen molar-refractivity contribution in [2.24, 2.45) is 10.2 Å². The summed E-state index contributed by atoms with van der Waals surface area (Å²) in [6.07, 6.45) is 3.67. The number of hydrazone groups is 1. The van der Waals surface area contributed by atoms with E-state index in [2.05, 4.69) is 89.5 Å². The fourth-order valence-electron chi connectivity index (χ4n) is 4.79. The van der Waals surface area contributed by atoms with E-state index in [-0.39, 0.29) is 17.5 Å². The predicted molar refractivity (Wildman–Crippen MR) is 193 cm³/mol. The summed E-state index contributed by atoms with van der Waals surface area (Å²) in [5, 5.41) is 33.5. The number of hydrogen-bond donors (Lipinski definition) is 3. The number of guanidine groups is 1. The third-order valence-electron chi connectivity index (χ3n) is 7.26. The number of rotatable bonds is 7. The maximum Gasteiger partial charge on any atom is 0.434 e. The maximum atomic E-state index is 13.6. The number of allylic oxidation sites excluding steroid dienone is 1. The molecule has 0 saturated carbocycles. The molecule has 1 aliphatic heterocycles. The van der Waals surface area contributed by atoms with E-state index in [1.165, 1.54) is 33.2 Å². The van der Waals surface area contributed by atoms with Gasteiger partial charge in [-0.05, 0) is 50.7 Å². The fourth-order valence-corrected chi connectivity index (χ4v) is 9.38. The molecule has 0 amide bonds. The van der Waals surface area contributed by atoms with E-state index >= 15 is 0 Å². The van der Waals surface area contributed by atoms with E-state index < -0.39 is 12.6 Å². The first kappa shape index (κ1) is 33.5. The lowest BCUT2D eigenvalue weighted by Gasteiger charge is -2.30. The number of aliphatic hydroxyl groups is 1. The van der Waals surface area contributed by atoms with E-state index in [0.29, 0.717) is 22.6 Å². The summed E-state index contributed by atoms with van der Waals surface area (Å²) in [5.74, 6) is 0.201. The minimum absolute atomic E-state index is 0.0876. The van der Waals surface area contributed by atoms with Gasteiger partial charge in [0.2, 0.25) is 16.2 Å². The SMILES string of the molecule is CSC1=NNC(C)=C(O)N1N/C(=N\n1c(SC)nnc(C)c1=O)[N+](Cc1cccc(Br)c1)=P(C)(c1ccccc1)c1ccccc1. The summed E-state index contributed by atoms with van der Waals surface area (Å²) in [6.45, 7) is 5.94. The number of amidine groups is 1. The minimum Gasteiger partial charge on any atom is -0.491 e. The lowest BCUT2D eigenvalue weighted by molar-refractivity contribution is -0.410. The zero-order valence-electron chi connectivity index (χ0n) is 25.9. The Morgan fingerprint density at radius 2 is 1.65 bits per heavy atom. The molecule has 0 unspecified atom stereocenters. The van der Waals surface area contributed by atoms with Crippen LogP contribution in [0, 0.1) is 6.92 Å². The molecular weight excluding hydrogens is 705 g/mol. The number of aryl methyl sites for hydroxylation is 1. The molecule has 11 nitrogen and oxygen atoms in total. The van der Waals surface area contributed by atoms with Crippen LogP contribution in [-0.2, 0) is 6.54 Å². The van der Waals surface area contributed by atoms with Crippen LogP contribution in [0.25, 0.3) is 0 Å². The normalized spacial score (nSPS) is 13.7. The number of aliphatic hydroxyl groups excluding tert-OH is 1. The Morgan fingerprint density at radius 3 is 2.24 bits per heavy atom. The zero-order valence-corrected chi connectivity index (χ0v) is 30.0. The van der Waals surface area contributed by atoms with Crippen LogP contribution in [0.15, 0.2) is 121 Å². The minimum atomic E-state index is -2.56. The molecule has 3 N–H and O–H groups in total. The first-order valence-electron chi connectivity index (χ1n) is 14.1. The van der Waals surface area contributed by atoms with Crippen molar-refractivity contribution in [3.8, 4) is 0 Å². The number of hydrogen-bond acceptors (Lipinski definition) is 10. The van der Waals surface area contributed by atoms with Crippen LogP contribution in [0.4, 0.5) is 0 Å². The highest BCUT2D eigenvalue weighted by Gasteiger charge is 2.35. The number of nitrogens with zero attached hydrogens (tertiary/aromatic N) is 7. The van der Waals surface area contributed by atoms with Gasteiger partial charge in [-0.15, -0.1) is 25.0 Å². The largest absolute Gasteiger partial charge is 0.491 e. The third kappa shape index (κ3) is 6.95. The predicted octanol–water partition coefficient (Wildman–Crippen LogP) is 5.04. The summed E-state index contributed by atoms with van der Waals surface area (Å²) in [4.78, 5) is 13.6. The Bertz CT molecular complexity index is 1910. The molecule has 0 spiro atoms. The van der Waals surface area contributed by atoms with Gasteiger partial charge in [0.15, 0.2) is 0 Å². The molecule has 0 fully saturated rings. The number of nitrogens with one attached hydrogen (secondary N) is 2. The molecule has 0 bridgehead atoms. The molecule has 5 rings (SSSR count). The Labute approximate surface area is 284 Å². The summed E-state index contributed by atoms with van der Waals surface area (Å²) >= 11 is 6.23. The fraction of sp³-hybridized carbons (Fsp3) is 0.194. The molecule has 15 heteroatoms. The van der Waals surface area contributed by atoms with Gasteiger partial charge in [0.1, 0.15) is 5.69 Å². The second-order valence-electron chi connectivity index (χ2n) is 10.2. The summed E-state index contributed by atoms with van der Waals surface area (Å²) < 4.78 is 4.38. The standard InChI is InChI=1S/C31H33BrN9O2PS2/c1-21-27(42)40(30(45-4)35-33-21)37-29(38-41-28(43)22(2)34-36-31(41)46-5)39(20-23-13-12-14-24(32)19-23)44(3,25-15-8-6-9-16-25)26-17-10-7-11-18-26/h6-19H,20H2,1-5H3,(H2-,33,34,37,38,42,43)/p+1. The van der Waals surface area contributed by atoms with Crippen molar-refractivity contribution >= 4 is 68.2 Å². The van der Waals surface area contributed by atoms with Crippen molar-refractivity contribution in [2.45, 2.75) is 25.5 Å². The Hall–Kier alpha value is -3.84. The zero-order chi connectivity index (χ0) is 32.8. The number of halogens is 1. The van der Waals surface area contributed by atoms with Crippen LogP contribution in [-0.4, -0.2) is 59.6 Å². The van der Waals surface area contributed by atoms with E-state index in [1.807, 2.05) is 61.0 Å². The highest BCUT2D eigenvalue weighted by molar-refractivity contribution is 9.10. The molecule has 1 aromatic heterocycles. The van der Waals surface area contributed by atoms with Gasteiger partial charge in [-0.2, -0.15) is 5.43 Å². The average molecular weight is 740 g/mol. The molecule has 1 aliphatic rings. The Balaban J connectivity index is 1.94. The summed E-state index contributed by atoms with van der Waals surface area (Å²) in [6, 6.07) is 28.6. The first-order valence-corrected chi connectivity index (χ1v) is 19.5. The van der Waals surface area contributed by atoms with Crippen LogP contribution in [0.3, 0.4) is 0 Å². The lowest BCUT2D eigenvalue weighted by Crippen LogP contribution is -2.52. The van der Waals surface area contributed by atoms with Crippen LogP contribution in [0.5, 0.6) is 0 Å². The van der Waals surface area contributed by atoms with Gasteiger partial charge in [0.05, 0.1) is 19.3 Å². The molecule has 0 saturated heterocycles. The topological polar surface area (TPSA) is 123 Å². The molecule has 3 aromatic carbocycles. The van der Waals surface area contributed by atoms with Crippen molar-refractivity contribution in [3.05, 3.63) is 123 Å². The molecule has 2 heterocycles. The van der Waals surface area contributed by atoms with Gasteiger partial charge in [0.25, 0.3) is 0 Å². The van der Waals surface area contributed by atoms with Gasteiger partial charge in [0, 0.05) is 20.2 Å². The number of thioether (sulfide) groups is 2. The quantitative estimate of drug-likeness (QED) is 0.104. The molecule has 0 radical (unpaired) electrons. The summed E-state index contributed by atoms with van der Waals surface area (Å²) in [5.41, 5.74) is 7.47. The lowest BCUT2D eigenvalue weighted by atomic mass is 10.2. The van der Waals surface area contributed by atoms with Crippen LogP contribution >= 0.6 is 46.5 Å². The molecule has 0 atom stereocenters. The highest BCUT2D eigenvalue weighted by Crippen LogP contribution is 2.43. The first-order chi connectivity index (χ1) is 22.2. The smallest absolute Gasteiger partial charge is 0.434 e. The van der Waals surface area contributed by atoms with Gasteiger partial charge >= 0.3 is 11.5 Å². The summed E-state index contributed by atoms with van der Waals surface area (Å²) in [7, 11) is -2.56. The molecule has 46 heavy (non-hydrogen) atoms. The molecule has 0 aliphatic carbocycles. The van der Waals surface area contributed by atoms with Gasteiger partial charge in [-0.3, -0.25) is 10.2 Å². The van der Waals surface area contributed by atoms with E-state index in [9.17, 15) is 9.90 Å². The van der Waals surface area contributed by atoms with Crippen LogP contribution in [0.1, 0.15) is 18.2 Å². The third-order valence-corrected chi connectivity index (χ3v) is 12.9. The van der Waals surface area contributed by atoms with Crippen molar-refractivity contribution in [1.29, 1.82) is 0 Å². The van der Waals surface area contributed by atoms with E-state index in [4.69, 9.17) is 5.10 Å². The maximum absolute atomic E-state index is 13.6. The van der Waals surface area contributed by atoms with E-state index in [1.54, 1.807) is 13.8 Å². The van der Waals surface area contributed by atoms with Crippen molar-refractivity contribution in [1.82, 2.24) is 30.7 Å².